The van der Waals surface area contributed by atoms with E-state index in [1.165, 1.54) is 12.8 Å². The van der Waals surface area contributed by atoms with Gasteiger partial charge >= 0.3 is 0 Å². The lowest BCUT2D eigenvalue weighted by molar-refractivity contribution is 0.102. The van der Waals surface area contributed by atoms with Gasteiger partial charge in [-0.2, -0.15) is 0 Å². The van der Waals surface area contributed by atoms with E-state index in [9.17, 15) is 4.79 Å². The summed E-state index contributed by atoms with van der Waals surface area (Å²) in [5.41, 5.74) is 2.78. The number of hydrogen-bond donors (Lipinski definition) is 0. The van der Waals surface area contributed by atoms with E-state index in [1.807, 2.05) is 48.5 Å². The van der Waals surface area contributed by atoms with Crippen LogP contribution in [0.3, 0.4) is 0 Å². The first kappa shape index (κ1) is 14.0. The van der Waals surface area contributed by atoms with Crippen molar-refractivity contribution in [2.24, 2.45) is 0 Å². The minimum Gasteiger partial charge on any atom is -0.351 e. The van der Waals surface area contributed by atoms with Gasteiger partial charge in [-0.25, -0.2) is 0 Å². The Hall–Kier alpha value is -2.61. The first-order valence-electron chi connectivity index (χ1n) is 8.15. The van der Waals surface area contributed by atoms with Crippen molar-refractivity contribution in [3.05, 3.63) is 95.8 Å². The van der Waals surface area contributed by atoms with Gasteiger partial charge in [0.15, 0.2) is 5.78 Å². The summed E-state index contributed by atoms with van der Waals surface area (Å²) in [6, 6.07) is 20.4. The molecule has 0 amide bonds. The standard InChI is InChI=1S/C21H19NO/c23-21(17-9-5-2-6-10-17)20-15-22(18-11-12-18)14-13-19(20)16-7-3-1-4-8-16/h1-10,13-15,18-19H,11-12H2. The van der Waals surface area contributed by atoms with Crippen LogP contribution in [0.2, 0.25) is 0 Å². The van der Waals surface area contributed by atoms with Crippen LogP contribution in [0.4, 0.5) is 0 Å². The fourth-order valence-electron chi connectivity index (χ4n) is 3.08. The molecule has 1 atom stereocenters. The van der Waals surface area contributed by atoms with Gasteiger partial charge in [0.25, 0.3) is 0 Å². The zero-order chi connectivity index (χ0) is 15.6. The lowest BCUT2D eigenvalue weighted by atomic mass is 9.85. The van der Waals surface area contributed by atoms with E-state index in [0.29, 0.717) is 6.04 Å². The van der Waals surface area contributed by atoms with Crippen molar-refractivity contribution < 1.29 is 4.79 Å². The monoisotopic (exact) mass is 301 g/mol. The van der Waals surface area contributed by atoms with Gasteiger partial charge in [0.05, 0.1) is 0 Å². The predicted octanol–water partition coefficient (Wildman–Crippen LogP) is 4.53. The highest BCUT2D eigenvalue weighted by atomic mass is 16.1. The molecule has 0 saturated heterocycles. The van der Waals surface area contributed by atoms with Crippen molar-refractivity contribution in [1.82, 2.24) is 4.90 Å². The number of ketones is 1. The maximum atomic E-state index is 13.0. The maximum Gasteiger partial charge on any atom is 0.191 e. The molecule has 1 fully saturated rings. The average molecular weight is 301 g/mol. The third kappa shape index (κ3) is 2.85. The average Bonchev–Trinajstić information content (AvgIpc) is 3.47. The molecule has 2 aromatic rings. The molecular formula is C21H19NO. The Balaban J connectivity index is 1.72. The predicted molar refractivity (Wildman–Crippen MR) is 92.0 cm³/mol. The zero-order valence-corrected chi connectivity index (χ0v) is 12.9. The number of carbonyl (C=O) groups excluding carboxylic acids is 1. The van der Waals surface area contributed by atoms with Gasteiger partial charge in [0.1, 0.15) is 0 Å². The molecule has 2 aliphatic rings. The molecular weight excluding hydrogens is 282 g/mol. The van der Waals surface area contributed by atoms with Crippen molar-refractivity contribution in [3.63, 3.8) is 0 Å². The molecule has 23 heavy (non-hydrogen) atoms. The van der Waals surface area contributed by atoms with Gasteiger partial charge in [-0.3, -0.25) is 4.79 Å². The second kappa shape index (κ2) is 5.88. The normalized spacial score (nSPS) is 20.3. The summed E-state index contributed by atoms with van der Waals surface area (Å²) in [5.74, 6) is 0.147. The summed E-state index contributed by atoms with van der Waals surface area (Å²) in [7, 11) is 0. The number of Topliss-reactive ketones (excluding diaryl/α,β-unsaturated/α-hetero) is 1. The third-order valence-electron chi connectivity index (χ3n) is 4.50. The minimum atomic E-state index is 0.0268. The molecule has 0 aromatic heterocycles. The molecule has 1 aliphatic carbocycles. The first-order chi connectivity index (χ1) is 11.3. The van der Waals surface area contributed by atoms with Crippen LogP contribution < -0.4 is 0 Å². The summed E-state index contributed by atoms with van der Waals surface area (Å²) >= 11 is 0. The number of allylic oxidation sites excluding steroid dienone is 2. The van der Waals surface area contributed by atoms with E-state index in [1.54, 1.807) is 0 Å². The summed E-state index contributed by atoms with van der Waals surface area (Å²) in [4.78, 5) is 15.2. The van der Waals surface area contributed by atoms with E-state index < -0.39 is 0 Å². The molecule has 1 aliphatic heterocycles. The van der Waals surface area contributed by atoms with Crippen LogP contribution in [-0.4, -0.2) is 16.7 Å². The zero-order valence-electron chi connectivity index (χ0n) is 12.9. The Labute approximate surface area is 136 Å². The molecule has 1 unspecified atom stereocenters. The lowest BCUT2D eigenvalue weighted by Crippen LogP contribution is -2.22. The van der Waals surface area contributed by atoms with Crippen LogP contribution in [0.5, 0.6) is 0 Å². The number of benzene rings is 2. The van der Waals surface area contributed by atoms with Crippen LogP contribution in [0.25, 0.3) is 0 Å². The molecule has 114 valence electrons. The molecule has 0 N–H and O–H groups in total. The lowest BCUT2D eigenvalue weighted by Gasteiger charge is -2.27. The van der Waals surface area contributed by atoms with Gasteiger partial charge in [-0.15, -0.1) is 0 Å². The molecule has 0 spiro atoms. The van der Waals surface area contributed by atoms with Gasteiger partial charge in [0.2, 0.25) is 0 Å². The van der Waals surface area contributed by atoms with E-state index in [0.717, 1.165) is 16.7 Å². The Morgan fingerprint density at radius 1 is 0.913 bits per heavy atom. The largest absolute Gasteiger partial charge is 0.351 e. The first-order valence-corrected chi connectivity index (χ1v) is 8.15. The quantitative estimate of drug-likeness (QED) is 0.773. The highest BCUT2D eigenvalue weighted by Crippen LogP contribution is 2.36. The third-order valence-corrected chi connectivity index (χ3v) is 4.50. The Bertz CT molecular complexity index is 757. The Morgan fingerprint density at radius 3 is 2.22 bits per heavy atom. The number of nitrogens with zero attached hydrogens (tertiary/aromatic N) is 1. The van der Waals surface area contributed by atoms with Crippen LogP contribution in [0.1, 0.15) is 34.7 Å². The fourth-order valence-corrected chi connectivity index (χ4v) is 3.08. The smallest absolute Gasteiger partial charge is 0.191 e. The van der Waals surface area contributed by atoms with Gasteiger partial charge in [0, 0.05) is 35.5 Å². The molecule has 4 rings (SSSR count). The molecule has 2 aromatic carbocycles. The van der Waals surface area contributed by atoms with Gasteiger partial charge in [-0.1, -0.05) is 66.7 Å². The van der Waals surface area contributed by atoms with Crippen LogP contribution in [0, 0.1) is 0 Å². The summed E-state index contributed by atoms with van der Waals surface area (Å²) in [5, 5.41) is 0. The van der Waals surface area contributed by atoms with Crippen LogP contribution in [0.15, 0.2) is 84.7 Å². The van der Waals surface area contributed by atoms with Crippen molar-refractivity contribution in [2.75, 3.05) is 0 Å². The molecule has 2 heteroatoms. The van der Waals surface area contributed by atoms with E-state index in [-0.39, 0.29) is 11.7 Å². The van der Waals surface area contributed by atoms with Crippen molar-refractivity contribution in [3.8, 4) is 0 Å². The second-order valence-corrected chi connectivity index (χ2v) is 6.19. The fraction of sp³-hybridized carbons (Fsp3) is 0.190. The van der Waals surface area contributed by atoms with Crippen LogP contribution in [-0.2, 0) is 0 Å². The SMILES string of the molecule is O=C(C1=CN(C2CC2)C=CC1c1ccccc1)c1ccccc1. The summed E-state index contributed by atoms with van der Waals surface area (Å²) in [6.45, 7) is 0. The van der Waals surface area contributed by atoms with E-state index >= 15 is 0 Å². The molecule has 1 heterocycles. The molecule has 2 nitrogen and oxygen atoms in total. The van der Waals surface area contributed by atoms with Crippen molar-refractivity contribution in [2.45, 2.75) is 24.8 Å². The van der Waals surface area contributed by atoms with Crippen molar-refractivity contribution >= 4 is 5.78 Å². The highest BCUT2D eigenvalue weighted by Gasteiger charge is 2.31. The number of rotatable bonds is 4. The second-order valence-electron chi connectivity index (χ2n) is 6.19. The number of carbonyl (C=O) groups is 1. The molecule has 0 radical (unpaired) electrons. The van der Waals surface area contributed by atoms with Crippen LogP contribution >= 0.6 is 0 Å². The topological polar surface area (TPSA) is 20.3 Å². The maximum absolute atomic E-state index is 13.0. The van der Waals surface area contributed by atoms with Gasteiger partial charge < -0.3 is 4.90 Å². The highest BCUT2D eigenvalue weighted by molar-refractivity contribution is 6.10. The van der Waals surface area contributed by atoms with E-state index in [4.69, 9.17) is 0 Å². The Kier molecular flexibility index (Phi) is 3.58. The number of hydrogen-bond acceptors (Lipinski definition) is 2. The summed E-state index contributed by atoms with van der Waals surface area (Å²) in [6.07, 6.45) is 8.78. The Morgan fingerprint density at radius 2 is 1.57 bits per heavy atom. The minimum absolute atomic E-state index is 0.0268. The van der Waals surface area contributed by atoms with Gasteiger partial charge in [-0.05, 0) is 18.4 Å². The molecule has 0 bridgehead atoms. The van der Waals surface area contributed by atoms with Crippen molar-refractivity contribution in [1.29, 1.82) is 0 Å². The molecule has 1 saturated carbocycles. The van der Waals surface area contributed by atoms with E-state index in [2.05, 4.69) is 35.5 Å². The summed E-state index contributed by atoms with van der Waals surface area (Å²) < 4.78 is 0.